The van der Waals surface area contributed by atoms with E-state index in [9.17, 15) is 14.9 Å². The second-order valence-electron chi connectivity index (χ2n) is 4.99. The fourth-order valence-electron chi connectivity index (χ4n) is 2.15. The number of non-ortho nitro benzene ring substituents is 1. The van der Waals surface area contributed by atoms with Crippen LogP contribution in [0.3, 0.4) is 0 Å². The lowest BCUT2D eigenvalue weighted by molar-refractivity contribution is -0.384. The molecule has 6 heteroatoms. The Labute approximate surface area is 131 Å². The Bertz CT molecular complexity index is 854. The van der Waals surface area contributed by atoms with Crippen molar-refractivity contribution in [1.29, 1.82) is 0 Å². The molecule has 0 radical (unpaired) electrons. The van der Waals surface area contributed by atoms with Crippen molar-refractivity contribution in [1.82, 2.24) is 0 Å². The van der Waals surface area contributed by atoms with E-state index in [1.807, 2.05) is 30.3 Å². The lowest BCUT2D eigenvalue weighted by Crippen LogP contribution is -2.06. The van der Waals surface area contributed by atoms with Gasteiger partial charge < -0.3 is 4.74 Å². The van der Waals surface area contributed by atoms with E-state index in [0.29, 0.717) is 11.4 Å². The summed E-state index contributed by atoms with van der Waals surface area (Å²) in [4.78, 5) is 26.5. The van der Waals surface area contributed by atoms with Crippen molar-refractivity contribution in [2.45, 2.75) is 6.92 Å². The number of hydrogen-bond acceptors (Lipinski definition) is 5. The van der Waals surface area contributed by atoms with E-state index in [0.717, 1.165) is 11.1 Å². The molecule has 2 aromatic rings. The van der Waals surface area contributed by atoms with Gasteiger partial charge in [0.05, 0.1) is 10.6 Å². The number of cyclic esters (lactones) is 1. The van der Waals surface area contributed by atoms with Crippen molar-refractivity contribution in [2.75, 3.05) is 0 Å². The maximum atomic E-state index is 12.0. The van der Waals surface area contributed by atoms with E-state index < -0.39 is 10.9 Å². The lowest BCUT2D eigenvalue weighted by atomic mass is 10.1. The van der Waals surface area contributed by atoms with Crippen molar-refractivity contribution in [2.24, 2.45) is 4.99 Å². The summed E-state index contributed by atoms with van der Waals surface area (Å²) < 4.78 is 5.21. The third kappa shape index (κ3) is 3.01. The maximum Gasteiger partial charge on any atom is 0.362 e. The van der Waals surface area contributed by atoms with Crippen molar-refractivity contribution in [3.8, 4) is 0 Å². The molecule has 0 atom stereocenters. The highest BCUT2D eigenvalue weighted by Gasteiger charge is 2.24. The number of carbonyl (C=O) groups excluding carboxylic acids is 1. The minimum absolute atomic E-state index is 0.0754. The molecule has 23 heavy (non-hydrogen) atoms. The van der Waals surface area contributed by atoms with Crippen LogP contribution in [0.2, 0.25) is 0 Å². The lowest BCUT2D eigenvalue weighted by Gasteiger charge is -2.00. The fraction of sp³-hybridized carbons (Fsp3) is 0.0588. The van der Waals surface area contributed by atoms with E-state index in [-0.39, 0.29) is 11.4 Å². The Morgan fingerprint density at radius 1 is 1.13 bits per heavy atom. The monoisotopic (exact) mass is 308 g/mol. The molecule has 6 nitrogen and oxygen atoms in total. The van der Waals surface area contributed by atoms with Gasteiger partial charge in [-0.15, -0.1) is 0 Å². The summed E-state index contributed by atoms with van der Waals surface area (Å²) in [7, 11) is 0. The van der Waals surface area contributed by atoms with Crippen LogP contribution in [0.25, 0.3) is 5.76 Å². The molecule has 0 aliphatic carbocycles. The topological polar surface area (TPSA) is 81.8 Å². The average Bonchev–Trinajstić information content (AvgIpc) is 2.91. The van der Waals surface area contributed by atoms with Gasteiger partial charge >= 0.3 is 5.97 Å². The molecule has 0 saturated carbocycles. The maximum absolute atomic E-state index is 12.0. The molecule has 1 aliphatic rings. The van der Waals surface area contributed by atoms with E-state index in [2.05, 4.69) is 4.99 Å². The van der Waals surface area contributed by atoms with Crippen LogP contribution in [-0.4, -0.2) is 16.6 Å². The predicted molar refractivity (Wildman–Crippen MR) is 85.4 cm³/mol. The summed E-state index contributed by atoms with van der Waals surface area (Å²) in [6.45, 7) is 1.77. The van der Waals surface area contributed by atoms with Gasteiger partial charge in [0.15, 0.2) is 5.71 Å². The molecule has 1 heterocycles. The van der Waals surface area contributed by atoms with Gasteiger partial charge in [-0.3, -0.25) is 10.1 Å². The Morgan fingerprint density at radius 2 is 1.87 bits per heavy atom. The summed E-state index contributed by atoms with van der Waals surface area (Å²) in [6, 6.07) is 13.5. The molecule has 0 saturated heterocycles. The number of nitro groups is 1. The van der Waals surface area contributed by atoms with Gasteiger partial charge in [0.25, 0.3) is 5.69 Å². The molecule has 3 rings (SSSR count). The normalized spacial score (nSPS) is 15.4. The number of ether oxygens (including phenoxy) is 1. The predicted octanol–water partition coefficient (Wildman–Crippen LogP) is 3.57. The van der Waals surface area contributed by atoms with E-state index in [1.54, 1.807) is 13.0 Å². The largest absolute Gasteiger partial charge is 0.421 e. The van der Waals surface area contributed by atoms with Crippen LogP contribution in [0.15, 0.2) is 59.6 Å². The smallest absolute Gasteiger partial charge is 0.362 e. The molecule has 2 aromatic carbocycles. The number of esters is 1. The number of aliphatic imine (C=N–C) groups is 1. The van der Waals surface area contributed by atoms with E-state index in [4.69, 9.17) is 4.74 Å². The van der Waals surface area contributed by atoms with Gasteiger partial charge in [-0.1, -0.05) is 36.4 Å². The molecule has 0 bridgehead atoms. The number of rotatable bonds is 3. The fourth-order valence-corrected chi connectivity index (χ4v) is 2.15. The summed E-state index contributed by atoms with van der Waals surface area (Å²) in [5, 5.41) is 10.9. The molecule has 0 amide bonds. The minimum Gasteiger partial charge on any atom is -0.421 e. The number of nitrogens with zero attached hydrogens (tertiary/aromatic N) is 2. The quantitative estimate of drug-likeness (QED) is 0.493. The number of benzene rings is 2. The average molecular weight is 308 g/mol. The first-order valence-corrected chi connectivity index (χ1v) is 6.87. The summed E-state index contributed by atoms with van der Waals surface area (Å²) >= 11 is 0. The van der Waals surface area contributed by atoms with E-state index >= 15 is 0 Å². The molecule has 0 aromatic heterocycles. The highest BCUT2D eigenvalue weighted by Crippen LogP contribution is 2.27. The Hall–Kier alpha value is -3.28. The SMILES string of the molecule is Cc1ccc([N+](=O)[O-])cc1N=C1C=C(c2ccccc2)OC1=O. The van der Waals surface area contributed by atoms with Crippen molar-refractivity contribution in [3.63, 3.8) is 0 Å². The Kier molecular flexibility index (Phi) is 3.72. The Morgan fingerprint density at radius 3 is 2.57 bits per heavy atom. The summed E-state index contributed by atoms with van der Waals surface area (Å²) in [6.07, 6.45) is 1.54. The molecule has 0 unspecified atom stereocenters. The highest BCUT2D eigenvalue weighted by molar-refractivity contribution is 6.46. The number of aryl methyl sites for hydroxylation is 1. The molecule has 114 valence electrons. The van der Waals surface area contributed by atoms with Crippen LogP contribution in [0, 0.1) is 17.0 Å². The first-order chi connectivity index (χ1) is 11.0. The van der Waals surface area contributed by atoms with Gasteiger partial charge in [-0.05, 0) is 12.5 Å². The molecule has 0 fully saturated rings. The first-order valence-electron chi connectivity index (χ1n) is 6.87. The third-order valence-corrected chi connectivity index (χ3v) is 3.38. The minimum atomic E-state index is -0.574. The zero-order chi connectivity index (χ0) is 16.4. The second kappa shape index (κ2) is 5.84. The van der Waals surface area contributed by atoms with Crippen LogP contribution >= 0.6 is 0 Å². The van der Waals surface area contributed by atoms with Gasteiger partial charge in [0.2, 0.25) is 0 Å². The van der Waals surface area contributed by atoms with Gasteiger partial charge in [0, 0.05) is 23.8 Å². The Balaban J connectivity index is 2.00. The molecule has 0 N–H and O–H groups in total. The van der Waals surface area contributed by atoms with Crippen molar-refractivity contribution < 1.29 is 14.5 Å². The summed E-state index contributed by atoms with van der Waals surface area (Å²) in [5.74, 6) is -0.160. The van der Waals surface area contributed by atoms with Crippen LogP contribution in [0.5, 0.6) is 0 Å². The standard InChI is InChI=1S/C17H12N2O4/c1-11-7-8-13(19(21)22)9-14(11)18-15-10-16(23-17(15)20)12-5-3-2-4-6-12/h2-10H,1H3. The van der Waals surface area contributed by atoms with Crippen LogP contribution in [0.1, 0.15) is 11.1 Å². The second-order valence-corrected chi connectivity index (χ2v) is 4.99. The molecule has 0 spiro atoms. The first kappa shape index (κ1) is 14.6. The van der Waals surface area contributed by atoms with Gasteiger partial charge in [0.1, 0.15) is 5.76 Å². The third-order valence-electron chi connectivity index (χ3n) is 3.38. The van der Waals surface area contributed by atoms with Crippen LogP contribution in [-0.2, 0) is 9.53 Å². The van der Waals surface area contributed by atoms with Crippen molar-refractivity contribution in [3.05, 3.63) is 75.8 Å². The van der Waals surface area contributed by atoms with E-state index in [1.165, 1.54) is 18.2 Å². The van der Waals surface area contributed by atoms with Crippen LogP contribution in [0.4, 0.5) is 11.4 Å². The summed E-state index contributed by atoms with van der Waals surface area (Å²) in [5.41, 5.74) is 1.91. The zero-order valence-electron chi connectivity index (χ0n) is 12.2. The zero-order valence-corrected chi connectivity index (χ0v) is 12.2. The highest BCUT2D eigenvalue weighted by atomic mass is 16.6. The molecule has 1 aliphatic heterocycles. The number of hydrogen-bond donors (Lipinski definition) is 0. The van der Waals surface area contributed by atoms with Gasteiger partial charge in [-0.2, -0.15) is 0 Å². The number of nitro benzene ring substituents is 1. The molecular weight excluding hydrogens is 296 g/mol. The number of carbonyl (C=O) groups is 1. The van der Waals surface area contributed by atoms with Crippen molar-refractivity contribution >= 4 is 28.8 Å². The van der Waals surface area contributed by atoms with Crippen LogP contribution < -0.4 is 0 Å². The molecular formula is C17H12N2O4. The van der Waals surface area contributed by atoms with Gasteiger partial charge in [-0.25, -0.2) is 9.79 Å².